The Morgan fingerprint density at radius 2 is 1.55 bits per heavy atom. The molecule has 0 fully saturated rings. The van der Waals surface area contributed by atoms with Gasteiger partial charge in [-0.3, -0.25) is 14.2 Å². The Hall–Kier alpha value is -5.90. The van der Waals surface area contributed by atoms with Gasteiger partial charge in [0.05, 0.1) is 23.9 Å². The molecular weight excluding hydrogens is 641 g/mol. The monoisotopic (exact) mass is 674 g/mol. The van der Waals surface area contributed by atoms with E-state index in [1.54, 1.807) is 53.1 Å². The second-order valence-electron chi connectivity index (χ2n) is 11.2. The molecule has 13 nitrogen and oxygen atoms in total. The van der Waals surface area contributed by atoms with Gasteiger partial charge in [-0.05, 0) is 66.1 Å². The van der Waals surface area contributed by atoms with Crippen LogP contribution in [0.5, 0.6) is 5.88 Å². The van der Waals surface area contributed by atoms with E-state index < -0.39 is 18.2 Å². The van der Waals surface area contributed by atoms with Crippen molar-refractivity contribution in [3.05, 3.63) is 95.8 Å². The second kappa shape index (κ2) is 14.9. The highest BCUT2D eigenvalue weighted by Gasteiger charge is 2.38. The summed E-state index contributed by atoms with van der Waals surface area (Å²) < 4.78 is 44.7. The van der Waals surface area contributed by atoms with E-state index in [9.17, 15) is 22.8 Å². The predicted molar refractivity (Wildman–Crippen MR) is 177 cm³/mol. The first-order valence-electron chi connectivity index (χ1n) is 15.0. The van der Waals surface area contributed by atoms with Gasteiger partial charge in [0.2, 0.25) is 11.8 Å². The zero-order valence-electron chi connectivity index (χ0n) is 26.6. The van der Waals surface area contributed by atoms with E-state index in [-0.39, 0.29) is 43.6 Å². The number of nitrogen functional groups attached to an aromatic ring is 1. The Labute approximate surface area is 278 Å². The van der Waals surface area contributed by atoms with E-state index in [1.807, 2.05) is 48.6 Å². The van der Waals surface area contributed by atoms with Crippen LogP contribution in [0.4, 0.5) is 36.2 Å². The van der Waals surface area contributed by atoms with Crippen LogP contribution in [0.15, 0.2) is 89.4 Å². The third-order valence-corrected chi connectivity index (χ3v) is 7.38. The van der Waals surface area contributed by atoms with E-state index in [2.05, 4.69) is 25.2 Å². The van der Waals surface area contributed by atoms with Crippen molar-refractivity contribution < 1.29 is 27.5 Å². The number of Topliss-reactive ketones (excluding diaryl/α,β-unsaturated/α-hetero) is 1. The summed E-state index contributed by atoms with van der Waals surface area (Å²) in [5, 5.41) is 10.3. The largest absolute Gasteiger partial charge is 0.471 e. The first-order chi connectivity index (χ1) is 23.4. The maximum absolute atomic E-state index is 12.9. The molecule has 0 aliphatic rings. The van der Waals surface area contributed by atoms with Crippen LogP contribution >= 0.6 is 0 Å². The van der Waals surface area contributed by atoms with E-state index >= 15 is 0 Å². The molecule has 5 rings (SSSR count). The van der Waals surface area contributed by atoms with Crippen molar-refractivity contribution in [3.63, 3.8) is 0 Å². The molecule has 0 radical (unpaired) electrons. The van der Waals surface area contributed by atoms with Crippen LogP contribution in [0.2, 0.25) is 0 Å². The number of halogens is 3. The van der Waals surface area contributed by atoms with Crippen molar-refractivity contribution >= 4 is 45.9 Å². The maximum Gasteiger partial charge on any atom is 0.471 e. The van der Waals surface area contributed by atoms with Gasteiger partial charge < -0.3 is 26.4 Å². The minimum Gasteiger partial charge on any atom is -0.471 e. The van der Waals surface area contributed by atoms with Gasteiger partial charge in [0.25, 0.3) is 0 Å². The zero-order chi connectivity index (χ0) is 35.1. The Morgan fingerprint density at radius 3 is 2.16 bits per heavy atom. The number of amides is 1. The number of nitrogens with two attached hydrogens (primary N) is 2. The predicted octanol–water partition coefficient (Wildman–Crippen LogP) is 5.77. The number of rotatable bonds is 13. The van der Waals surface area contributed by atoms with Crippen molar-refractivity contribution in [1.29, 1.82) is 0 Å². The Balaban J connectivity index is 1.16. The number of ketones is 1. The highest BCUT2D eigenvalue weighted by atomic mass is 19.4. The average molecular weight is 675 g/mol. The number of nitrogens with zero attached hydrogens (tertiary/aromatic N) is 7. The molecule has 0 saturated carbocycles. The number of carbonyl (C=O) groups is 2. The average Bonchev–Trinajstić information content (AvgIpc) is 3.51. The molecule has 0 aliphatic heterocycles. The number of fused-ring (bicyclic) bond motifs is 1. The normalized spacial score (nSPS) is 12.3. The minimum atomic E-state index is -4.95. The summed E-state index contributed by atoms with van der Waals surface area (Å²) in [6.07, 6.45) is -3.70. The van der Waals surface area contributed by atoms with E-state index in [4.69, 9.17) is 16.2 Å². The van der Waals surface area contributed by atoms with Crippen molar-refractivity contribution in [3.8, 4) is 5.88 Å². The summed E-state index contributed by atoms with van der Waals surface area (Å²) in [7, 11) is 3.92. The number of alkyl halides is 3. The minimum absolute atomic E-state index is 0.0399. The standard InChI is InChI=1S/C33H33F3N10O3/c1-45(2)25-13-11-24(12-14-25)44-43-23-9-7-22(8-10-23)26(47)15-16-27(37)46-19-40-28-29(46)41-32(38)42-30(28)49-18-21-5-3-20(4-6-21)17-39-31(48)33(34,35)36/h3-14,19,27H,15-18,37H2,1-2H3,(H,39,48)(H2,38,41,42). The molecule has 1 atom stereocenters. The van der Waals surface area contributed by atoms with Crippen LogP contribution in [0.1, 0.15) is 40.5 Å². The maximum atomic E-state index is 12.9. The molecule has 1 amide bonds. The van der Waals surface area contributed by atoms with Gasteiger partial charge in [0.1, 0.15) is 6.61 Å². The first kappa shape index (κ1) is 34.4. The van der Waals surface area contributed by atoms with Crippen LogP contribution in [0.3, 0.4) is 0 Å². The number of carbonyl (C=O) groups excluding carboxylic acids is 2. The first-order valence-corrected chi connectivity index (χ1v) is 15.0. The Bertz CT molecular complexity index is 1940. The van der Waals surface area contributed by atoms with Crippen LogP contribution < -0.4 is 26.4 Å². The van der Waals surface area contributed by atoms with Crippen molar-refractivity contribution in [2.24, 2.45) is 16.0 Å². The third-order valence-electron chi connectivity index (χ3n) is 7.38. The fraction of sp³-hybridized carbons (Fsp3) is 0.242. The van der Waals surface area contributed by atoms with Crippen LogP contribution in [0.25, 0.3) is 11.2 Å². The smallest absolute Gasteiger partial charge is 0.471 e. The van der Waals surface area contributed by atoms with Crippen LogP contribution in [0, 0.1) is 0 Å². The van der Waals surface area contributed by atoms with Gasteiger partial charge in [-0.25, -0.2) is 4.98 Å². The lowest BCUT2D eigenvalue weighted by Gasteiger charge is -2.14. The number of ether oxygens (including phenoxy) is 1. The summed E-state index contributed by atoms with van der Waals surface area (Å²) in [6, 6.07) is 20.9. The Morgan fingerprint density at radius 1 is 0.939 bits per heavy atom. The highest BCUT2D eigenvalue weighted by molar-refractivity contribution is 5.96. The summed E-state index contributed by atoms with van der Waals surface area (Å²) in [5.41, 5.74) is 17.0. The molecule has 0 aliphatic carbocycles. The quantitative estimate of drug-likeness (QED) is 0.103. The van der Waals surface area contributed by atoms with Crippen LogP contribution in [-0.4, -0.2) is 51.5 Å². The summed E-state index contributed by atoms with van der Waals surface area (Å²) in [5.74, 6) is -2.08. The number of anilines is 2. The van der Waals surface area contributed by atoms with Crippen LogP contribution in [-0.2, 0) is 17.9 Å². The lowest BCUT2D eigenvalue weighted by Crippen LogP contribution is -2.36. The molecule has 254 valence electrons. The number of benzene rings is 3. The third kappa shape index (κ3) is 8.92. The second-order valence-corrected chi connectivity index (χ2v) is 11.2. The van der Waals surface area contributed by atoms with E-state index in [0.717, 1.165) is 5.69 Å². The Kier molecular flexibility index (Phi) is 10.5. The number of aromatic nitrogens is 4. The number of hydrogen-bond donors (Lipinski definition) is 3. The summed E-state index contributed by atoms with van der Waals surface area (Å²) in [4.78, 5) is 38.7. The molecule has 16 heteroatoms. The molecule has 5 aromatic rings. The van der Waals surface area contributed by atoms with Gasteiger partial charge in [0, 0.05) is 38.3 Å². The number of azo groups is 1. The van der Waals surface area contributed by atoms with Crippen molar-refractivity contribution in [2.75, 3.05) is 24.7 Å². The fourth-order valence-electron chi connectivity index (χ4n) is 4.65. The van der Waals surface area contributed by atoms with Crippen molar-refractivity contribution in [2.45, 2.75) is 38.3 Å². The summed E-state index contributed by atoms with van der Waals surface area (Å²) in [6.45, 7) is -0.239. The van der Waals surface area contributed by atoms with Gasteiger partial charge in [-0.15, -0.1) is 0 Å². The molecule has 49 heavy (non-hydrogen) atoms. The SMILES string of the molecule is CN(C)c1ccc(N=Nc2ccc(C(=O)CCC(N)n3cnc4c(OCc5ccc(CNC(=O)C(F)(F)F)cc5)nc(N)nc43)cc2)cc1. The van der Waals surface area contributed by atoms with E-state index in [1.165, 1.54) is 6.33 Å². The molecule has 1 unspecified atom stereocenters. The molecule has 2 heterocycles. The molecule has 0 saturated heterocycles. The topological polar surface area (TPSA) is 179 Å². The zero-order valence-corrected chi connectivity index (χ0v) is 26.6. The number of imidazole rings is 1. The van der Waals surface area contributed by atoms with Gasteiger partial charge >= 0.3 is 12.1 Å². The number of hydrogen-bond acceptors (Lipinski definition) is 11. The lowest BCUT2D eigenvalue weighted by atomic mass is 10.1. The van der Waals surface area contributed by atoms with Gasteiger partial charge in [-0.1, -0.05) is 24.3 Å². The fourth-order valence-corrected chi connectivity index (χ4v) is 4.65. The van der Waals surface area contributed by atoms with Crippen molar-refractivity contribution in [1.82, 2.24) is 24.8 Å². The van der Waals surface area contributed by atoms with Gasteiger partial charge in [0.15, 0.2) is 16.9 Å². The molecule has 5 N–H and O–H groups in total. The molecule has 2 aromatic heterocycles. The molecule has 0 spiro atoms. The number of nitrogens with one attached hydrogen (secondary N) is 1. The highest BCUT2D eigenvalue weighted by Crippen LogP contribution is 2.26. The molecule has 3 aromatic carbocycles. The molecular formula is C33H33F3N10O3. The summed E-state index contributed by atoms with van der Waals surface area (Å²) >= 11 is 0. The van der Waals surface area contributed by atoms with E-state index in [0.29, 0.717) is 39.2 Å². The lowest BCUT2D eigenvalue weighted by molar-refractivity contribution is -0.173. The van der Waals surface area contributed by atoms with Gasteiger partial charge in [-0.2, -0.15) is 33.4 Å². The molecule has 0 bridgehead atoms.